The largest absolute Gasteiger partial charge is 0.217 e. The molecule has 0 atom stereocenters. The van der Waals surface area contributed by atoms with E-state index in [9.17, 15) is 4.39 Å². The highest BCUT2D eigenvalue weighted by Crippen LogP contribution is 2.32. The minimum atomic E-state index is -0.280. The maximum absolute atomic E-state index is 13.0. The molecule has 0 unspecified atom stereocenters. The molecule has 1 aromatic heterocycles. The van der Waals surface area contributed by atoms with Crippen molar-refractivity contribution >= 4 is 24.1 Å². The summed E-state index contributed by atoms with van der Waals surface area (Å²) in [5, 5.41) is 13.4. The molecule has 0 saturated heterocycles. The molecule has 3 aromatic rings. The van der Waals surface area contributed by atoms with Gasteiger partial charge in [0.15, 0.2) is 5.82 Å². The highest BCUT2D eigenvalue weighted by molar-refractivity contribution is 8.04. The van der Waals surface area contributed by atoms with E-state index in [0.717, 1.165) is 16.0 Å². The van der Waals surface area contributed by atoms with E-state index in [1.165, 1.54) is 23.9 Å². The lowest BCUT2D eigenvalue weighted by atomic mass is 10.2. The SMILES string of the molecule is Fc1ccc(-c2nnc3n2N=C/C(=C\c2ccccc2)S3)cc1. The highest BCUT2D eigenvalue weighted by Gasteiger charge is 2.18. The van der Waals surface area contributed by atoms with Crippen molar-refractivity contribution in [2.24, 2.45) is 5.10 Å². The van der Waals surface area contributed by atoms with E-state index < -0.39 is 0 Å². The highest BCUT2D eigenvalue weighted by atomic mass is 32.2. The normalized spacial score (nSPS) is 14.9. The number of nitrogens with zero attached hydrogens (tertiary/aromatic N) is 4. The predicted octanol–water partition coefficient (Wildman–Crippen LogP) is 4.06. The summed E-state index contributed by atoms with van der Waals surface area (Å²) in [6.45, 7) is 0. The van der Waals surface area contributed by atoms with Crippen LogP contribution in [-0.2, 0) is 0 Å². The van der Waals surface area contributed by atoms with Crippen LogP contribution in [0.15, 0.2) is 69.8 Å². The van der Waals surface area contributed by atoms with Gasteiger partial charge in [-0.1, -0.05) is 30.3 Å². The number of halogens is 1. The van der Waals surface area contributed by atoms with E-state index in [-0.39, 0.29) is 5.82 Å². The fourth-order valence-electron chi connectivity index (χ4n) is 2.24. The zero-order valence-corrected chi connectivity index (χ0v) is 12.7. The predicted molar refractivity (Wildman–Crippen MR) is 89.6 cm³/mol. The van der Waals surface area contributed by atoms with E-state index in [1.807, 2.05) is 36.4 Å². The van der Waals surface area contributed by atoms with Crippen LogP contribution in [0, 0.1) is 5.82 Å². The van der Waals surface area contributed by atoms with Crippen LogP contribution in [0.25, 0.3) is 17.5 Å². The van der Waals surface area contributed by atoms with Crippen molar-refractivity contribution < 1.29 is 4.39 Å². The molecule has 1 aliphatic rings. The van der Waals surface area contributed by atoms with Gasteiger partial charge in [-0.15, -0.1) is 10.2 Å². The summed E-state index contributed by atoms with van der Waals surface area (Å²) in [4.78, 5) is 0.988. The first kappa shape index (κ1) is 13.9. The fraction of sp³-hybridized carbons (Fsp3) is 0. The van der Waals surface area contributed by atoms with E-state index in [4.69, 9.17) is 0 Å². The van der Waals surface area contributed by atoms with Crippen LogP contribution in [0.3, 0.4) is 0 Å². The van der Waals surface area contributed by atoms with Crippen molar-refractivity contribution in [3.8, 4) is 11.4 Å². The van der Waals surface area contributed by atoms with Crippen molar-refractivity contribution in [1.29, 1.82) is 0 Å². The van der Waals surface area contributed by atoms with Gasteiger partial charge in [0.25, 0.3) is 0 Å². The molecule has 4 nitrogen and oxygen atoms in total. The summed E-state index contributed by atoms with van der Waals surface area (Å²) in [7, 11) is 0. The molecule has 0 spiro atoms. The van der Waals surface area contributed by atoms with Gasteiger partial charge in [-0.3, -0.25) is 0 Å². The maximum atomic E-state index is 13.0. The smallest absolute Gasteiger partial charge is 0.207 e. The van der Waals surface area contributed by atoms with Crippen molar-refractivity contribution in [1.82, 2.24) is 14.9 Å². The molecule has 0 fully saturated rings. The molecule has 0 amide bonds. The molecular weight excluding hydrogens is 311 g/mol. The molecule has 2 heterocycles. The quantitative estimate of drug-likeness (QED) is 0.714. The Morgan fingerprint density at radius 2 is 1.74 bits per heavy atom. The van der Waals surface area contributed by atoms with Gasteiger partial charge in [-0.05, 0) is 47.7 Å². The Kier molecular flexibility index (Phi) is 3.51. The zero-order chi connectivity index (χ0) is 15.6. The molecular formula is C17H11FN4S. The third kappa shape index (κ3) is 2.80. The average Bonchev–Trinajstić information content (AvgIpc) is 3.00. The number of aromatic nitrogens is 3. The first-order chi connectivity index (χ1) is 11.3. The molecule has 2 aromatic carbocycles. The number of rotatable bonds is 2. The van der Waals surface area contributed by atoms with Crippen LogP contribution >= 0.6 is 11.8 Å². The first-order valence-electron chi connectivity index (χ1n) is 7.00. The first-order valence-corrected chi connectivity index (χ1v) is 7.81. The Hall–Kier alpha value is -2.73. The summed E-state index contributed by atoms with van der Waals surface area (Å²) in [6, 6.07) is 16.2. The second-order valence-corrected chi connectivity index (χ2v) is 5.97. The van der Waals surface area contributed by atoms with Crippen molar-refractivity contribution in [3.05, 3.63) is 70.9 Å². The van der Waals surface area contributed by atoms with Gasteiger partial charge in [0, 0.05) is 10.5 Å². The van der Waals surface area contributed by atoms with Gasteiger partial charge in [-0.25, -0.2) is 4.39 Å². The lowest BCUT2D eigenvalue weighted by molar-refractivity contribution is 0.628. The summed E-state index contributed by atoms with van der Waals surface area (Å²) in [5.41, 5.74) is 1.88. The molecule has 23 heavy (non-hydrogen) atoms. The Bertz CT molecular complexity index is 898. The second-order valence-electron chi connectivity index (χ2n) is 4.93. The van der Waals surface area contributed by atoms with Gasteiger partial charge < -0.3 is 0 Å². The van der Waals surface area contributed by atoms with Crippen LogP contribution in [0.1, 0.15) is 5.56 Å². The Morgan fingerprint density at radius 3 is 2.52 bits per heavy atom. The number of benzene rings is 2. The van der Waals surface area contributed by atoms with Crippen LogP contribution in [0.4, 0.5) is 4.39 Å². The Balaban J connectivity index is 1.66. The van der Waals surface area contributed by atoms with E-state index in [2.05, 4.69) is 15.3 Å². The fourth-order valence-corrected chi connectivity index (χ4v) is 3.05. The number of fused-ring (bicyclic) bond motifs is 1. The number of allylic oxidation sites excluding steroid dienone is 1. The maximum Gasteiger partial charge on any atom is 0.217 e. The van der Waals surface area contributed by atoms with Gasteiger partial charge >= 0.3 is 0 Å². The minimum Gasteiger partial charge on any atom is -0.207 e. The summed E-state index contributed by atoms with van der Waals surface area (Å²) in [5.74, 6) is 0.320. The summed E-state index contributed by atoms with van der Waals surface area (Å²) >= 11 is 1.50. The monoisotopic (exact) mass is 322 g/mol. The third-order valence-corrected chi connectivity index (χ3v) is 4.23. The number of hydrogen-bond donors (Lipinski definition) is 0. The standard InChI is InChI=1S/C17H11FN4S/c18-14-8-6-13(7-9-14)16-20-21-17-22(16)19-11-15(23-17)10-12-4-2-1-3-5-12/h1-11H/b15-10+. The number of hydrogen-bond acceptors (Lipinski definition) is 4. The minimum absolute atomic E-state index is 0.280. The summed E-state index contributed by atoms with van der Waals surface area (Å²) in [6.07, 6.45) is 3.82. The lowest BCUT2D eigenvalue weighted by Crippen LogP contribution is -2.01. The van der Waals surface area contributed by atoms with Gasteiger partial charge in [0.05, 0.1) is 6.21 Å². The van der Waals surface area contributed by atoms with E-state index in [0.29, 0.717) is 11.0 Å². The molecule has 0 saturated carbocycles. The zero-order valence-electron chi connectivity index (χ0n) is 11.9. The van der Waals surface area contributed by atoms with Gasteiger partial charge in [0.2, 0.25) is 5.16 Å². The van der Waals surface area contributed by atoms with Crippen LogP contribution in [0.5, 0.6) is 0 Å². The molecule has 112 valence electrons. The average molecular weight is 322 g/mol. The van der Waals surface area contributed by atoms with Crippen LogP contribution in [-0.4, -0.2) is 21.1 Å². The Morgan fingerprint density at radius 1 is 0.957 bits per heavy atom. The topological polar surface area (TPSA) is 43.1 Å². The number of thioether (sulfide) groups is 1. The molecule has 1 aliphatic heterocycles. The van der Waals surface area contributed by atoms with Gasteiger partial charge in [0.1, 0.15) is 5.82 Å². The van der Waals surface area contributed by atoms with Crippen molar-refractivity contribution in [2.75, 3.05) is 0 Å². The molecule has 0 bridgehead atoms. The molecule has 0 aliphatic carbocycles. The van der Waals surface area contributed by atoms with Crippen LogP contribution in [0.2, 0.25) is 0 Å². The van der Waals surface area contributed by atoms with Crippen LogP contribution < -0.4 is 0 Å². The molecule has 6 heteroatoms. The molecule has 4 rings (SSSR count). The van der Waals surface area contributed by atoms with Crippen molar-refractivity contribution in [3.63, 3.8) is 0 Å². The van der Waals surface area contributed by atoms with Gasteiger partial charge in [-0.2, -0.15) is 9.78 Å². The Labute approximate surface area is 136 Å². The third-order valence-electron chi connectivity index (χ3n) is 3.33. The molecule has 0 N–H and O–H groups in total. The van der Waals surface area contributed by atoms with E-state index >= 15 is 0 Å². The summed E-state index contributed by atoms with van der Waals surface area (Å²) < 4.78 is 14.7. The lowest BCUT2D eigenvalue weighted by Gasteiger charge is -2.09. The second kappa shape index (κ2) is 5.81. The van der Waals surface area contributed by atoms with E-state index in [1.54, 1.807) is 23.0 Å². The van der Waals surface area contributed by atoms with Crippen molar-refractivity contribution in [2.45, 2.75) is 5.16 Å². The molecule has 0 radical (unpaired) electrons.